The van der Waals surface area contributed by atoms with Crippen molar-refractivity contribution in [2.75, 3.05) is 10.6 Å². The number of hydrogen-bond acceptors (Lipinski definition) is 10. The van der Waals surface area contributed by atoms with Crippen molar-refractivity contribution in [3.63, 3.8) is 0 Å². The summed E-state index contributed by atoms with van der Waals surface area (Å²) in [6, 6.07) is 12.1. The van der Waals surface area contributed by atoms with E-state index in [2.05, 4.69) is 10.6 Å². The smallest absolute Gasteiger partial charge is 0.299 e. The largest absolute Gasteiger partial charge is 0.350 e. The maximum atomic E-state index is 11.5. The maximum Gasteiger partial charge on any atom is 0.299 e. The Morgan fingerprint density at radius 1 is 0.531 bits per heavy atom. The number of nitro benzene ring substituents is 4. The number of benzene rings is 3. The van der Waals surface area contributed by atoms with Gasteiger partial charge < -0.3 is 10.6 Å². The zero-order chi connectivity index (χ0) is 23.4. The average Bonchev–Trinajstić information content (AvgIpc) is 2.73. The quantitative estimate of drug-likeness (QED) is 0.362. The van der Waals surface area contributed by atoms with Crippen LogP contribution in [0.2, 0.25) is 0 Å². The van der Waals surface area contributed by atoms with E-state index >= 15 is 0 Å². The third-order valence-electron chi connectivity index (χ3n) is 4.18. The second-order valence-corrected chi connectivity index (χ2v) is 6.27. The molecule has 2 N–H and O–H groups in total. The third kappa shape index (κ3) is 4.70. The fourth-order valence-corrected chi connectivity index (χ4v) is 2.79. The van der Waals surface area contributed by atoms with Gasteiger partial charge in [0.1, 0.15) is 11.4 Å². The van der Waals surface area contributed by atoms with Gasteiger partial charge in [-0.15, -0.1) is 0 Å². The van der Waals surface area contributed by atoms with Gasteiger partial charge in [0.15, 0.2) is 0 Å². The minimum atomic E-state index is -0.843. The Bertz CT molecular complexity index is 1170. The van der Waals surface area contributed by atoms with Gasteiger partial charge in [-0.25, -0.2) is 0 Å². The first-order valence-corrected chi connectivity index (χ1v) is 8.65. The van der Waals surface area contributed by atoms with Gasteiger partial charge in [0.2, 0.25) is 0 Å². The number of anilines is 4. The summed E-state index contributed by atoms with van der Waals surface area (Å²) in [7, 11) is 0. The number of rotatable bonds is 8. The highest BCUT2D eigenvalue weighted by molar-refractivity contribution is 5.82. The van der Waals surface area contributed by atoms with Crippen LogP contribution >= 0.6 is 0 Å². The molecule has 0 aromatic heterocycles. The van der Waals surface area contributed by atoms with Gasteiger partial charge in [0.25, 0.3) is 22.7 Å². The van der Waals surface area contributed by atoms with E-state index < -0.39 is 31.1 Å². The van der Waals surface area contributed by atoms with Crippen molar-refractivity contribution in [2.24, 2.45) is 0 Å². The molecule has 14 nitrogen and oxygen atoms in total. The lowest BCUT2D eigenvalue weighted by atomic mass is 10.1. The van der Waals surface area contributed by atoms with E-state index in [0.29, 0.717) is 0 Å². The molecule has 0 atom stereocenters. The first-order valence-electron chi connectivity index (χ1n) is 8.65. The predicted molar refractivity (Wildman–Crippen MR) is 113 cm³/mol. The molecule has 0 saturated heterocycles. The highest BCUT2D eigenvalue weighted by Crippen LogP contribution is 2.39. The van der Waals surface area contributed by atoms with E-state index in [9.17, 15) is 40.5 Å². The Kier molecular flexibility index (Phi) is 5.86. The first kappa shape index (κ1) is 21.6. The Balaban J connectivity index is 2.09. The van der Waals surface area contributed by atoms with Gasteiger partial charge in [0.05, 0.1) is 25.8 Å². The second kappa shape index (κ2) is 8.70. The van der Waals surface area contributed by atoms with E-state index in [1.807, 2.05) is 0 Å². The molecule has 0 radical (unpaired) electrons. The average molecular weight is 440 g/mol. The summed E-state index contributed by atoms with van der Waals surface area (Å²) in [5.74, 6) is 0. The second-order valence-electron chi connectivity index (χ2n) is 6.27. The zero-order valence-electron chi connectivity index (χ0n) is 15.8. The third-order valence-corrected chi connectivity index (χ3v) is 4.18. The van der Waals surface area contributed by atoms with Gasteiger partial charge in [-0.3, -0.25) is 40.5 Å². The molecule has 0 aliphatic carbocycles. The highest BCUT2D eigenvalue weighted by atomic mass is 16.6. The highest BCUT2D eigenvalue weighted by Gasteiger charge is 2.25. The first-order chi connectivity index (χ1) is 15.2. The minimum Gasteiger partial charge on any atom is -0.350 e. The van der Waals surface area contributed by atoms with Crippen molar-refractivity contribution in [1.82, 2.24) is 0 Å². The van der Waals surface area contributed by atoms with Crippen LogP contribution in [0.25, 0.3) is 0 Å². The lowest BCUT2D eigenvalue weighted by molar-refractivity contribution is -0.393. The van der Waals surface area contributed by atoms with Crippen LogP contribution in [-0.2, 0) is 0 Å². The number of nitro groups is 4. The SMILES string of the molecule is O=[N+]([O-])c1cccc(Nc2cc(Nc3cccc([N+](=O)[O-])c3)c([N+](=O)[O-])cc2[N+](=O)[O-])c1. The molecule has 0 aliphatic rings. The molecule has 0 spiro atoms. The van der Waals surface area contributed by atoms with Crippen LogP contribution in [0.1, 0.15) is 0 Å². The van der Waals surface area contributed by atoms with Gasteiger partial charge in [-0.2, -0.15) is 0 Å². The van der Waals surface area contributed by atoms with Gasteiger partial charge in [-0.05, 0) is 18.2 Å². The number of non-ortho nitro benzene ring substituents is 2. The zero-order valence-corrected chi connectivity index (χ0v) is 15.8. The van der Waals surface area contributed by atoms with Crippen LogP contribution in [-0.4, -0.2) is 19.7 Å². The van der Waals surface area contributed by atoms with Crippen molar-refractivity contribution >= 4 is 45.5 Å². The number of nitrogens with zero attached hydrogens (tertiary/aromatic N) is 4. The van der Waals surface area contributed by atoms with Crippen LogP contribution in [0.3, 0.4) is 0 Å². The van der Waals surface area contributed by atoms with E-state index in [4.69, 9.17) is 0 Å². The fourth-order valence-electron chi connectivity index (χ4n) is 2.79. The summed E-state index contributed by atoms with van der Waals surface area (Å²) in [5, 5.41) is 50.2. The molecule has 0 amide bonds. The van der Waals surface area contributed by atoms with Crippen molar-refractivity contribution in [2.45, 2.75) is 0 Å². The fraction of sp³-hybridized carbons (Fsp3) is 0. The lowest BCUT2D eigenvalue weighted by Gasteiger charge is -2.12. The molecular formula is C18H12N6O8. The Hall–Kier alpha value is -5.14. The molecule has 0 fully saturated rings. The molecule has 0 bridgehead atoms. The van der Waals surface area contributed by atoms with E-state index in [0.717, 1.165) is 24.3 Å². The Labute approximate surface area is 177 Å². The molecule has 0 saturated carbocycles. The van der Waals surface area contributed by atoms with Crippen molar-refractivity contribution in [1.29, 1.82) is 0 Å². The van der Waals surface area contributed by atoms with Crippen LogP contribution in [0.5, 0.6) is 0 Å². The molecule has 162 valence electrons. The van der Waals surface area contributed by atoms with Crippen LogP contribution in [0.4, 0.5) is 45.5 Å². The Morgan fingerprint density at radius 3 is 1.28 bits per heavy atom. The minimum absolute atomic E-state index is 0.137. The molecule has 0 unspecified atom stereocenters. The summed E-state index contributed by atoms with van der Waals surface area (Å²) >= 11 is 0. The summed E-state index contributed by atoms with van der Waals surface area (Å²) in [4.78, 5) is 41.9. The summed E-state index contributed by atoms with van der Waals surface area (Å²) in [5.41, 5.74) is -1.93. The molecular weight excluding hydrogens is 428 g/mol. The van der Waals surface area contributed by atoms with Crippen LogP contribution < -0.4 is 10.6 Å². The topological polar surface area (TPSA) is 197 Å². The summed E-state index contributed by atoms with van der Waals surface area (Å²) in [6.07, 6.45) is 0. The van der Waals surface area contributed by atoms with Gasteiger partial charge >= 0.3 is 0 Å². The van der Waals surface area contributed by atoms with E-state index in [1.54, 1.807) is 0 Å². The number of nitrogens with one attached hydrogen (secondary N) is 2. The molecule has 14 heteroatoms. The van der Waals surface area contributed by atoms with E-state index in [-0.39, 0.29) is 34.1 Å². The van der Waals surface area contributed by atoms with Gasteiger partial charge in [-0.1, -0.05) is 12.1 Å². The lowest BCUT2D eigenvalue weighted by Crippen LogP contribution is -2.03. The molecule has 0 heterocycles. The number of hydrogen-bond donors (Lipinski definition) is 2. The maximum absolute atomic E-state index is 11.5. The molecule has 32 heavy (non-hydrogen) atoms. The summed E-state index contributed by atoms with van der Waals surface area (Å²) in [6.45, 7) is 0. The molecule has 3 aromatic carbocycles. The molecule has 3 rings (SSSR count). The van der Waals surface area contributed by atoms with Gasteiger partial charge in [0, 0.05) is 35.6 Å². The summed E-state index contributed by atoms with van der Waals surface area (Å²) < 4.78 is 0. The Morgan fingerprint density at radius 2 is 0.938 bits per heavy atom. The standard InChI is InChI=1S/C18H12N6O8/c25-21(26)13-5-1-3-11(7-13)19-15-9-16(18(24(31)32)10-17(15)23(29)30)20-12-4-2-6-14(8-12)22(27)28/h1-10,19-20H. The van der Waals surface area contributed by atoms with Crippen LogP contribution in [0.15, 0.2) is 60.7 Å². The predicted octanol–water partition coefficient (Wildman–Crippen LogP) is 4.81. The molecule has 0 aliphatic heterocycles. The monoisotopic (exact) mass is 440 g/mol. The van der Waals surface area contributed by atoms with Crippen LogP contribution in [0, 0.1) is 40.5 Å². The normalized spacial score (nSPS) is 10.2. The van der Waals surface area contributed by atoms with Crippen molar-refractivity contribution in [3.05, 3.63) is 101 Å². The van der Waals surface area contributed by atoms with Crippen molar-refractivity contribution < 1.29 is 19.7 Å². The molecule has 3 aromatic rings. The van der Waals surface area contributed by atoms with Crippen molar-refractivity contribution in [3.8, 4) is 0 Å². The van der Waals surface area contributed by atoms with E-state index in [1.165, 1.54) is 36.4 Å².